The number of carbonyl (C=O) groups is 1. The van der Waals surface area contributed by atoms with Crippen molar-refractivity contribution in [2.75, 3.05) is 6.61 Å². The van der Waals surface area contributed by atoms with Crippen LogP contribution in [0.3, 0.4) is 0 Å². The molecule has 1 aliphatic rings. The summed E-state index contributed by atoms with van der Waals surface area (Å²) in [6.45, 7) is 2.30. The Balaban J connectivity index is 2.37. The number of allylic oxidation sites excluding steroid dienone is 1. The van der Waals surface area contributed by atoms with E-state index in [4.69, 9.17) is 10.5 Å². The van der Waals surface area contributed by atoms with E-state index in [1.54, 1.807) is 6.08 Å². The van der Waals surface area contributed by atoms with Gasteiger partial charge in [0.25, 0.3) is 0 Å². The molecule has 1 atom stereocenters. The molecule has 1 heterocycles. The average molecular weight is 183 g/mol. The topological polar surface area (TPSA) is 52.3 Å². The Morgan fingerprint density at radius 2 is 2.38 bits per heavy atom. The second kappa shape index (κ2) is 4.90. The van der Waals surface area contributed by atoms with Gasteiger partial charge in [0.05, 0.1) is 0 Å². The van der Waals surface area contributed by atoms with Crippen LogP contribution in [-0.2, 0) is 9.53 Å². The standard InChI is InChI=1S/C10H17NO2/c1-2-3-4-5-8-6-10(11)13-7-9(8)12/h6,8H,2-5,7,11H2,1H3. The van der Waals surface area contributed by atoms with Crippen LogP contribution in [0.15, 0.2) is 12.0 Å². The van der Waals surface area contributed by atoms with Gasteiger partial charge < -0.3 is 10.5 Å². The first-order valence-corrected chi connectivity index (χ1v) is 4.87. The van der Waals surface area contributed by atoms with E-state index >= 15 is 0 Å². The maximum absolute atomic E-state index is 11.3. The molecule has 0 radical (unpaired) electrons. The zero-order valence-electron chi connectivity index (χ0n) is 8.08. The quantitative estimate of drug-likeness (QED) is 0.673. The molecule has 0 saturated carbocycles. The molecule has 74 valence electrons. The predicted molar refractivity (Wildman–Crippen MR) is 50.9 cm³/mol. The fourth-order valence-electron chi connectivity index (χ4n) is 1.46. The summed E-state index contributed by atoms with van der Waals surface area (Å²) in [5, 5.41) is 0. The van der Waals surface area contributed by atoms with Gasteiger partial charge >= 0.3 is 0 Å². The fourth-order valence-corrected chi connectivity index (χ4v) is 1.46. The van der Waals surface area contributed by atoms with Crippen LogP contribution in [0.1, 0.15) is 32.6 Å². The van der Waals surface area contributed by atoms with Crippen molar-refractivity contribution in [2.45, 2.75) is 32.6 Å². The highest BCUT2D eigenvalue weighted by molar-refractivity contribution is 5.84. The molecule has 0 saturated heterocycles. The lowest BCUT2D eigenvalue weighted by Gasteiger charge is -2.18. The number of nitrogens with two attached hydrogens (primary N) is 1. The Morgan fingerprint density at radius 3 is 3.08 bits per heavy atom. The molecule has 3 nitrogen and oxygen atoms in total. The van der Waals surface area contributed by atoms with Crippen molar-refractivity contribution < 1.29 is 9.53 Å². The largest absolute Gasteiger partial charge is 0.472 e. The van der Waals surface area contributed by atoms with Crippen LogP contribution in [0.2, 0.25) is 0 Å². The third-order valence-corrected chi connectivity index (χ3v) is 2.28. The van der Waals surface area contributed by atoms with Crippen molar-refractivity contribution in [1.29, 1.82) is 0 Å². The minimum Gasteiger partial charge on any atom is -0.472 e. The van der Waals surface area contributed by atoms with E-state index < -0.39 is 0 Å². The van der Waals surface area contributed by atoms with Crippen molar-refractivity contribution >= 4 is 5.78 Å². The van der Waals surface area contributed by atoms with Gasteiger partial charge in [-0.15, -0.1) is 0 Å². The Kier molecular flexibility index (Phi) is 3.80. The van der Waals surface area contributed by atoms with Crippen LogP contribution in [0.25, 0.3) is 0 Å². The number of carbonyl (C=O) groups excluding carboxylic acids is 1. The average Bonchev–Trinajstić information content (AvgIpc) is 2.11. The Morgan fingerprint density at radius 1 is 1.62 bits per heavy atom. The highest BCUT2D eigenvalue weighted by Crippen LogP contribution is 2.17. The van der Waals surface area contributed by atoms with Gasteiger partial charge in [-0.2, -0.15) is 0 Å². The van der Waals surface area contributed by atoms with Crippen molar-refractivity contribution in [2.24, 2.45) is 11.7 Å². The van der Waals surface area contributed by atoms with Gasteiger partial charge in [0.15, 0.2) is 11.7 Å². The maximum Gasteiger partial charge on any atom is 0.181 e. The zero-order chi connectivity index (χ0) is 9.68. The molecule has 1 rings (SSSR count). The van der Waals surface area contributed by atoms with Crippen LogP contribution in [0.5, 0.6) is 0 Å². The van der Waals surface area contributed by atoms with E-state index in [1.165, 1.54) is 12.8 Å². The summed E-state index contributed by atoms with van der Waals surface area (Å²) in [5.74, 6) is 0.562. The van der Waals surface area contributed by atoms with Crippen molar-refractivity contribution in [3.05, 3.63) is 12.0 Å². The Bertz CT molecular complexity index is 211. The molecule has 13 heavy (non-hydrogen) atoms. The summed E-state index contributed by atoms with van der Waals surface area (Å²) in [6, 6.07) is 0. The summed E-state index contributed by atoms with van der Waals surface area (Å²) in [6.07, 6.45) is 6.10. The van der Waals surface area contributed by atoms with Gasteiger partial charge in [-0.3, -0.25) is 4.79 Å². The van der Waals surface area contributed by atoms with Gasteiger partial charge in [-0.1, -0.05) is 26.2 Å². The van der Waals surface area contributed by atoms with Crippen LogP contribution in [-0.4, -0.2) is 12.4 Å². The van der Waals surface area contributed by atoms with E-state index in [0.717, 1.165) is 12.8 Å². The second-order valence-electron chi connectivity index (χ2n) is 3.43. The highest BCUT2D eigenvalue weighted by atomic mass is 16.5. The molecule has 0 fully saturated rings. The van der Waals surface area contributed by atoms with E-state index in [-0.39, 0.29) is 18.3 Å². The van der Waals surface area contributed by atoms with Crippen LogP contribution < -0.4 is 5.73 Å². The molecule has 0 amide bonds. The SMILES string of the molecule is CCCCCC1C=C(N)OCC1=O. The lowest BCUT2D eigenvalue weighted by Crippen LogP contribution is -2.26. The molecule has 1 aliphatic heterocycles. The number of hydrogen-bond acceptors (Lipinski definition) is 3. The lowest BCUT2D eigenvalue weighted by atomic mass is 9.96. The molecule has 1 unspecified atom stereocenters. The van der Waals surface area contributed by atoms with E-state index in [2.05, 4.69) is 6.92 Å². The van der Waals surface area contributed by atoms with Gasteiger partial charge in [0.2, 0.25) is 0 Å². The number of rotatable bonds is 4. The molecule has 2 N–H and O–H groups in total. The number of ether oxygens (including phenoxy) is 1. The first-order chi connectivity index (χ1) is 6.24. The minimum atomic E-state index is 0.000278. The molecule has 0 aromatic rings. The summed E-state index contributed by atoms with van der Waals surface area (Å²) in [4.78, 5) is 11.3. The smallest absolute Gasteiger partial charge is 0.181 e. The van der Waals surface area contributed by atoms with E-state index in [1.807, 2.05) is 0 Å². The number of unbranched alkanes of at least 4 members (excludes halogenated alkanes) is 2. The summed E-state index contributed by atoms with van der Waals surface area (Å²) in [7, 11) is 0. The van der Waals surface area contributed by atoms with Gasteiger partial charge in [-0.05, 0) is 12.5 Å². The summed E-state index contributed by atoms with van der Waals surface area (Å²) < 4.78 is 4.92. The summed E-state index contributed by atoms with van der Waals surface area (Å²) in [5.41, 5.74) is 5.48. The number of hydrogen-bond donors (Lipinski definition) is 1. The van der Waals surface area contributed by atoms with Crippen molar-refractivity contribution in [3.8, 4) is 0 Å². The minimum absolute atomic E-state index is 0.000278. The first-order valence-electron chi connectivity index (χ1n) is 4.87. The lowest BCUT2D eigenvalue weighted by molar-refractivity contribution is -0.126. The van der Waals surface area contributed by atoms with E-state index in [9.17, 15) is 4.79 Å². The molecule has 3 heteroatoms. The van der Waals surface area contributed by atoms with Crippen LogP contribution >= 0.6 is 0 Å². The van der Waals surface area contributed by atoms with E-state index in [0.29, 0.717) is 5.88 Å². The predicted octanol–water partition coefficient (Wildman–Crippen LogP) is 1.58. The van der Waals surface area contributed by atoms with Gasteiger partial charge in [0.1, 0.15) is 6.61 Å². The summed E-state index contributed by atoms with van der Waals surface area (Å²) >= 11 is 0. The van der Waals surface area contributed by atoms with Crippen molar-refractivity contribution in [1.82, 2.24) is 0 Å². The first kappa shape index (κ1) is 10.1. The molecule has 0 bridgehead atoms. The zero-order valence-corrected chi connectivity index (χ0v) is 8.08. The molecular formula is C10H17NO2. The fraction of sp³-hybridized carbons (Fsp3) is 0.700. The van der Waals surface area contributed by atoms with Crippen LogP contribution in [0.4, 0.5) is 0 Å². The maximum atomic E-state index is 11.3. The number of ketones is 1. The Labute approximate surface area is 78.9 Å². The van der Waals surface area contributed by atoms with Gasteiger partial charge in [0, 0.05) is 5.92 Å². The second-order valence-corrected chi connectivity index (χ2v) is 3.43. The third kappa shape index (κ3) is 3.09. The Hall–Kier alpha value is -0.990. The highest BCUT2D eigenvalue weighted by Gasteiger charge is 2.21. The monoisotopic (exact) mass is 183 g/mol. The third-order valence-electron chi connectivity index (χ3n) is 2.28. The molecule has 0 aromatic heterocycles. The van der Waals surface area contributed by atoms with Crippen molar-refractivity contribution in [3.63, 3.8) is 0 Å². The normalized spacial score (nSPS) is 22.4. The molecule has 0 aliphatic carbocycles. The molecular weight excluding hydrogens is 166 g/mol. The number of Topliss-reactive ketones (excluding diaryl/α,β-unsaturated/α-hetero) is 1. The van der Waals surface area contributed by atoms with Gasteiger partial charge in [-0.25, -0.2) is 0 Å². The van der Waals surface area contributed by atoms with Crippen LogP contribution in [0, 0.1) is 5.92 Å². The molecule has 0 spiro atoms. The molecule has 0 aromatic carbocycles.